The highest BCUT2D eigenvalue weighted by molar-refractivity contribution is 7.98. The van der Waals surface area contributed by atoms with Crippen LogP contribution < -0.4 is 5.32 Å². The maximum absolute atomic E-state index is 11.9. The Hall–Kier alpha value is -2.07. The van der Waals surface area contributed by atoms with E-state index in [9.17, 15) is 9.59 Å². The van der Waals surface area contributed by atoms with Gasteiger partial charge in [-0.2, -0.15) is 17.0 Å². The molecular formula is C13H15N3O3S. The van der Waals surface area contributed by atoms with Gasteiger partial charge in [0.05, 0.1) is 11.3 Å². The summed E-state index contributed by atoms with van der Waals surface area (Å²) in [5.41, 5.74) is 0.937. The van der Waals surface area contributed by atoms with Crippen molar-refractivity contribution < 1.29 is 14.7 Å². The quantitative estimate of drug-likeness (QED) is 0.817. The second-order valence-corrected chi connectivity index (χ2v) is 5.07. The largest absolute Gasteiger partial charge is 0.480 e. The number of pyridine rings is 1. The number of rotatable bonds is 6. The molecule has 0 aromatic carbocycles. The predicted molar refractivity (Wildman–Crippen MR) is 75.6 cm³/mol. The van der Waals surface area contributed by atoms with Crippen molar-refractivity contribution in [1.29, 1.82) is 5.26 Å². The Balaban J connectivity index is 2.81. The molecule has 0 unspecified atom stereocenters. The number of hydrogen-bond donors (Lipinski definition) is 2. The number of hydrogen-bond acceptors (Lipinski definition) is 5. The lowest BCUT2D eigenvalue weighted by Gasteiger charge is -2.13. The van der Waals surface area contributed by atoms with Gasteiger partial charge in [0.1, 0.15) is 17.8 Å². The van der Waals surface area contributed by atoms with Gasteiger partial charge in [0.25, 0.3) is 5.91 Å². The molecule has 7 heteroatoms. The normalized spacial score (nSPS) is 11.4. The molecule has 0 spiro atoms. The molecule has 2 N–H and O–H groups in total. The molecule has 0 radical (unpaired) electrons. The zero-order valence-electron chi connectivity index (χ0n) is 11.2. The Morgan fingerprint density at radius 3 is 2.75 bits per heavy atom. The first-order valence-electron chi connectivity index (χ1n) is 5.90. The molecule has 0 aliphatic carbocycles. The SMILES string of the molecule is CSCC[C@H](NC(=O)c1ccc(C#N)c(C)n1)C(=O)O. The van der Waals surface area contributed by atoms with Gasteiger partial charge in [-0.25, -0.2) is 9.78 Å². The molecule has 1 heterocycles. The van der Waals surface area contributed by atoms with Crippen LogP contribution in [0.15, 0.2) is 12.1 Å². The standard InChI is InChI=1S/C13H15N3O3S/c1-8-9(7-14)3-4-10(15-8)12(17)16-11(13(18)19)5-6-20-2/h3-4,11H,5-6H2,1-2H3,(H,16,17)(H,18,19)/t11-/m0/s1. The van der Waals surface area contributed by atoms with Gasteiger partial charge in [0.2, 0.25) is 0 Å². The number of aliphatic carboxylic acids is 1. The number of carbonyl (C=O) groups is 2. The van der Waals surface area contributed by atoms with Crippen molar-refractivity contribution >= 4 is 23.6 Å². The number of amides is 1. The summed E-state index contributed by atoms with van der Waals surface area (Å²) >= 11 is 1.51. The fourth-order valence-corrected chi connectivity index (χ4v) is 2.00. The molecule has 0 aliphatic rings. The van der Waals surface area contributed by atoms with Crippen LogP contribution in [0.1, 0.15) is 28.2 Å². The lowest BCUT2D eigenvalue weighted by molar-refractivity contribution is -0.139. The number of aryl methyl sites for hydroxylation is 1. The van der Waals surface area contributed by atoms with E-state index < -0.39 is 17.9 Å². The van der Waals surface area contributed by atoms with Gasteiger partial charge in [-0.3, -0.25) is 4.79 Å². The van der Waals surface area contributed by atoms with Gasteiger partial charge >= 0.3 is 5.97 Å². The second-order valence-electron chi connectivity index (χ2n) is 4.09. The fourth-order valence-electron chi connectivity index (χ4n) is 1.53. The minimum absolute atomic E-state index is 0.108. The van der Waals surface area contributed by atoms with Crippen molar-refractivity contribution in [3.05, 3.63) is 29.1 Å². The molecular weight excluding hydrogens is 278 g/mol. The third-order valence-electron chi connectivity index (χ3n) is 2.65. The Labute approximate surface area is 121 Å². The van der Waals surface area contributed by atoms with Crippen molar-refractivity contribution in [1.82, 2.24) is 10.3 Å². The lowest BCUT2D eigenvalue weighted by Crippen LogP contribution is -2.41. The summed E-state index contributed by atoms with van der Waals surface area (Å²) in [5.74, 6) is -0.985. The number of nitrogens with zero attached hydrogens (tertiary/aromatic N) is 2. The summed E-state index contributed by atoms with van der Waals surface area (Å²) < 4.78 is 0. The Bertz CT molecular complexity index is 554. The molecule has 1 aromatic heterocycles. The van der Waals surface area contributed by atoms with Gasteiger partial charge in [0.15, 0.2) is 0 Å². The van der Waals surface area contributed by atoms with Crippen molar-refractivity contribution in [2.45, 2.75) is 19.4 Å². The number of thioether (sulfide) groups is 1. The van der Waals surface area contributed by atoms with E-state index in [0.717, 1.165) is 0 Å². The molecule has 0 aliphatic heterocycles. The molecule has 106 valence electrons. The second kappa shape index (κ2) is 7.50. The van der Waals surface area contributed by atoms with Crippen LogP contribution >= 0.6 is 11.8 Å². The summed E-state index contributed by atoms with van der Waals surface area (Å²) in [5, 5.41) is 20.3. The van der Waals surface area contributed by atoms with Crippen molar-refractivity contribution in [2.75, 3.05) is 12.0 Å². The summed E-state index contributed by atoms with van der Waals surface area (Å²) in [6.45, 7) is 1.62. The number of nitrogens with one attached hydrogen (secondary N) is 1. The van der Waals surface area contributed by atoms with E-state index in [0.29, 0.717) is 23.4 Å². The van der Waals surface area contributed by atoms with Gasteiger partial charge in [0, 0.05) is 0 Å². The molecule has 6 nitrogen and oxygen atoms in total. The smallest absolute Gasteiger partial charge is 0.326 e. The van der Waals surface area contributed by atoms with Crippen molar-refractivity contribution in [3.63, 3.8) is 0 Å². The first kappa shape index (κ1) is 16.0. The summed E-state index contributed by atoms with van der Waals surface area (Å²) in [4.78, 5) is 27.0. The first-order valence-corrected chi connectivity index (χ1v) is 7.29. The van der Waals surface area contributed by atoms with Crippen LogP contribution in [0.25, 0.3) is 0 Å². The molecule has 0 saturated carbocycles. The highest BCUT2D eigenvalue weighted by Gasteiger charge is 2.21. The molecule has 1 rings (SSSR count). The monoisotopic (exact) mass is 293 g/mol. The van der Waals surface area contributed by atoms with Gasteiger partial charge in [-0.1, -0.05) is 0 Å². The number of nitriles is 1. The summed E-state index contributed by atoms with van der Waals surface area (Å²) in [6, 6.07) is 3.93. The van der Waals surface area contributed by atoms with E-state index in [1.165, 1.54) is 23.9 Å². The van der Waals surface area contributed by atoms with E-state index >= 15 is 0 Å². The minimum Gasteiger partial charge on any atom is -0.480 e. The molecule has 1 atom stereocenters. The first-order chi connectivity index (χ1) is 9.49. The zero-order chi connectivity index (χ0) is 15.1. The molecule has 0 saturated heterocycles. The van der Waals surface area contributed by atoms with Crippen molar-refractivity contribution in [3.8, 4) is 6.07 Å². The fraction of sp³-hybridized carbons (Fsp3) is 0.385. The highest BCUT2D eigenvalue weighted by Crippen LogP contribution is 2.07. The Kier molecular flexibility index (Phi) is 6.00. The highest BCUT2D eigenvalue weighted by atomic mass is 32.2. The summed E-state index contributed by atoms with van der Waals surface area (Å²) in [7, 11) is 0. The van der Waals surface area contributed by atoms with E-state index in [1.807, 2.05) is 12.3 Å². The molecule has 0 bridgehead atoms. The lowest BCUT2D eigenvalue weighted by atomic mass is 10.2. The van der Waals surface area contributed by atoms with Gasteiger partial charge in [-0.05, 0) is 37.5 Å². The minimum atomic E-state index is -1.07. The average molecular weight is 293 g/mol. The average Bonchev–Trinajstić information content (AvgIpc) is 2.42. The molecule has 1 amide bonds. The Morgan fingerprint density at radius 1 is 1.55 bits per heavy atom. The van der Waals surface area contributed by atoms with E-state index in [4.69, 9.17) is 10.4 Å². The van der Waals surface area contributed by atoms with Crippen molar-refractivity contribution in [2.24, 2.45) is 0 Å². The van der Waals surface area contributed by atoms with Crippen LogP contribution in [0.5, 0.6) is 0 Å². The van der Waals surface area contributed by atoms with Crippen LogP contribution in [-0.4, -0.2) is 40.0 Å². The van der Waals surface area contributed by atoms with Crippen LogP contribution in [0, 0.1) is 18.3 Å². The molecule has 1 aromatic rings. The Morgan fingerprint density at radius 2 is 2.25 bits per heavy atom. The maximum atomic E-state index is 11.9. The number of carbonyl (C=O) groups excluding carboxylic acids is 1. The number of carboxylic acids is 1. The summed E-state index contributed by atoms with van der Waals surface area (Å²) in [6.07, 6.45) is 2.21. The third kappa shape index (κ3) is 4.24. The van der Waals surface area contributed by atoms with E-state index in [-0.39, 0.29) is 5.69 Å². The maximum Gasteiger partial charge on any atom is 0.326 e. The molecule has 20 heavy (non-hydrogen) atoms. The van der Waals surface area contributed by atoms with Crippen LogP contribution in [0.3, 0.4) is 0 Å². The van der Waals surface area contributed by atoms with E-state index in [1.54, 1.807) is 6.92 Å². The van der Waals surface area contributed by atoms with Crippen LogP contribution in [0.2, 0.25) is 0 Å². The third-order valence-corrected chi connectivity index (χ3v) is 3.30. The van der Waals surface area contributed by atoms with Crippen LogP contribution in [0.4, 0.5) is 0 Å². The number of carboxylic acid groups (broad SMARTS) is 1. The van der Waals surface area contributed by atoms with Crippen LogP contribution in [-0.2, 0) is 4.79 Å². The molecule has 0 fully saturated rings. The zero-order valence-corrected chi connectivity index (χ0v) is 12.0. The van der Waals surface area contributed by atoms with E-state index in [2.05, 4.69) is 10.3 Å². The van der Waals surface area contributed by atoms with Gasteiger partial charge < -0.3 is 10.4 Å². The van der Waals surface area contributed by atoms with Gasteiger partial charge in [-0.15, -0.1) is 0 Å². The topological polar surface area (TPSA) is 103 Å². The predicted octanol–water partition coefficient (Wildman–Crippen LogP) is 1.20. The number of aromatic nitrogens is 1.